The molecule has 0 bridgehead atoms. The van der Waals surface area contributed by atoms with Gasteiger partial charge in [-0.25, -0.2) is 0 Å². The Balaban J connectivity index is 1.65. The van der Waals surface area contributed by atoms with Crippen LogP contribution < -0.4 is 9.39 Å². The first-order chi connectivity index (χ1) is 13.8. The molecule has 0 spiro atoms. The lowest BCUT2D eigenvalue weighted by atomic mass is 9.62. The highest BCUT2D eigenvalue weighted by Gasteiger charge is 2.43. The normalized spacial score (nSPS) is 16.0. The van der Waals surface area contributed by atoms with E-state index in [0.717, 1.165) is 22.6 Å². The molecule has 0 fully saturated rings. The topological polar surface area (TPSA) is 23.4 Å². The zero-order valence-electron chi connectivity index (χ0n) is 15.8. The van der Waals surface area contributed by atoms with Gasteiger partial charge in [-0.1, -0.05) is 42.5 Å². The summed E-state index contributed by atoms with van der Waals surface area (Å²) in [5.41, 5.74) is 9.58. The first-order valence-electron chi connectivity index (χ1n) is 9.52. The summed E-state index contributed by atoms with van der Waals surface area (Å²) in [6.07, 6.45) is 4.41. The molecule has 3 aromatic rings. The molecule has 0 amide bonds. The zero-order chi connectivity index (χ0) is 18.8. The number of hydrogen-bond acceptors (Lipinski definition) is 2. The van der Waals surface area contributed by atoms with E-state index in [4.69, 9.17) is 9.39 Å². The monoisotopic (exact) mass is 363 g/mol. The van der Waals surface area contributed by atoms with Gasteiger partial charge in [0.05, 0.1) is 7.11 Å². The molecule has 2 aliphatic heterocycles. The Kier molecular flexibility index (Phi) is 3.10. The molecule has 134 valence electrons. The summed E-state index contributed by atoms with van der Waals surface area (Å²) in [6, 6.07) is 20.9. The van der Waals surface area contributed by atoms with Gasteiger partial charge in [-0.05, 0) is 54.0 Å². The first kappa shape index (κ1) is 15.6. The molecular weight excluding hydrogens is 345 g/mol. The van der Waals surface area contributed by atoms with Crippen LogP contribution >= 0.6 is 0 Å². The van der Waals surface area contributed by atoms with E-state index >= 15 is 0 Å². The minimum Gasteiger partial charge on any atom is -0.537 e. The highest BCUT2D eigenvalue weighted by atomic mass is 16.5. The maximum absolute atomic E-state index is 6.58. The lowest BCUT2D eigenvalue weighted by Crippen LogP contribution is -2.41. The summed E-state index contributed by atoms with van der Waals surface area (Å²) in [5, 5.41) is 0. The predicted octanol–water partition coefficient (Wildman–Crippen LogP) is 5.24. The number of hydrogen-bond donors (Lipinski definition) is 0. The maximum Gasteiger partial charge on any atom is 0.525 e. The van der Waals surface area contributed by atoms with E-state index < -0.39 is 0 Å². The molecule has 0 saturated carbocycles. The molecule has 0 atom stereocenters. The highest BCUT2D eigenvalue weighted by molar-refractivity contribution is 6.65. The molecule has 1 aromatic heterocycles. The fourth-order valence-electron chi connectivity index (χ4n) is 4.69. The van der Waals surface area contributed by atoms with Crippen LogP contribution in [0.4, 0.5) is 0 Å². The fourth-order valence-corrected chi connectivity index (χ4v) is 4.69. The van der Waals surface area contributed by atoms with E-state index in [2.05, 4.69) is 66.0 Å². The Labute approximate surface area is 164 Å². The maximum atomic E-state index is 6.58. The van der Waals surface area contributed by atoms with E-state index in [1.165, 1.54) is 33.6 Å². The van der Waals surface area contributed by atoms with Gasteiger partial charge in [0.1, 0.15) is 11.5 Å². The van der Waals surface area contributed by atoms with Crippen LogP contribution in [0.5, 0.6) is 11.5 Å². The van der Waals surface area contributed by atoms with Gasteiger partial charge in [0.2, 0.25) is 0 Å². The molecule has 0 N–H and O–H groups in total. The minimum atomic E-state index is -0.177. The van der Waals surface area contributed by atoms with Crippen molar-refractivity contribution in [3.63, 3.8) is 0 Å². The number of benzene rings is 2. The zero-order valence-corrected chi connectivity index (χ0v) is 15.8. The van der Waals surface area contributed by atoms with Gasteiger partial charge in [0.25, 0.3) is 0 Å². The number of ether oxygens (including phenoxy) is 1. The molecule has 2 aromatic carbocycles. The predicted molar refractivity (Wildman–Crippen MR) is 113 cm³/mol. The first-order valence-corrected chi connectivity index (χ1v) is 9.52. The van der Waals surface area contributed by atoms with Crippen molar-refractivity contribution < 1.29 is 9.39 Å². The summed E-state index contributed by atoms with van der Waals surface area (Å²) in [5.74, 6) is 1.81. The standard InChI is InChI=1S/C24H18BNO2/c1-15-16-11-12-18(17-7-3-5-9-22(17)27-2)24(16)25-26-20(15)13-14-21(26)19-8-4-6-10-23(19)28-25/h3-14H,1-2H3. The quantitative estimate of drug-likeness (QED) is 0.581. The lowest BCUT2D eigenvalue weighted by Gasteiger charge is -2.33. The van der Waals surface area contributed by atoms with E-state index in [1.54, 1.807) is 7.11 Å². The SMILES string of the molecule is COc1ccccc1C1=C2B3Oc4ccccc4-c4ccc(n43)C(C)=C2C=C1. The van der Waals surface area contributed by atoms with Crippen LogP contribution in [0.15, 0.2) is 83.9 Å². The summed E-state index contributed by atoms with van der Waals surface area (Å²) >= 11 is 0. The van der Waals surface area contributed by atoms with Crippen molar-refractivity contribution in [2.45, 2.75) is 6.92 Å². The third kappa shape index (κ3) is 1.90. The molecule has 0 unspecified atom stereocenters. The lowest BCUT2D eigenvalue weighted by molar-refractivity contribution is 0.413. The van der Waals surface area contributed by atoms with Gasteiger partial charge in [-0.15, -0.1) is 0 Å². The number of aromatic nitrogens is 1. The summed E-state index contributed by atoms with van der Waals surface area (Å²) in [4.78, 5) is 0. The van der Waals surface area contributed by atoms with Crippen LogP contribution in [0, 0.1) is 0 Å². The molecular formula is C24H18BNO2. The van der Waals surface area contributed by atoms with Gasteiger partial charge >= 0.3 is 7.05 Å². The van der Waals surface area contributed by atoms with Crippen LogP contribution in [0.25, 0.3) is 22.4 Å². The van der Waals surface area contributed by atoms with Gasteiger partial charge in [-0.3, -0.25) is 0 Å². The largest absolute Gasteiger partial charge is 0.537 e. The van der Waals surface area contributed by atoms with Crippen molar-refractivity contribution in [1.29, 1.82) is 0 Å². The van der Waals surface area contributed by atoms with E-state index in [-0.39, 0.29) is 7.05 Å². The van der Waals surface area contributed by atoms with Crippen molar-refractivity contribution in [1.82, 2.24) is 4.48 Å². The van der Waals surface area contributed by atoms with Crippen molar-refractivity contribution >= 4 is 18.2 Å². The fraction of sp³-hybridized carbons (Fsp3) is 0.0833. The summed E-state index contributed by atoms with van der Waals surface area (Å²) in [7, 11) is 1.55. The Morgan fingerprint density at radius 1 is 0.821 bits per heavy atom. The molecule has 28 heavy (non-hydrogen) atoms. The molecule has 1 aliphatic carbocycles. The van der Waals surface area contributed by atoms with Crippen molar-refractivity contribution in [2.75, 3.05) is 7.11 Å². The molecule has 4 heteroatoms. The summed E-state index contributed by atoms with van der Waals surface area (Å²) in [6.45, 7) is 2.20. The third-order valence-electron chi connectivity index (χ3n) is 5.98. The highest BCUT2D eigenvalue weighted by Crippen LogP contribution is 2.48. The number of allylic oxidation sites excluding steroid dienone is 6. The van der Waals surface area contributed by atoms with Crippen molar-refractivity contribution in [3.05, 3.63) is 95.1 Å². The minimum absolute atomic E-state index is 0.177. The number of fused-ring (bicyclic) bond motifs is 4. The number of methoxy groups -OCH3 is 1. The Morgan fingerprint density at radius 3 is 2.39 bits per heavy atom. The van der Waals surface area contributed by atoms with E-state index in [9.17, 15) is 0 Å². The molecule has 6 rings (SSSR count). The molecule has 0 saturated heterocycles. The van der Waals surface area contributed by atoms with Gasteiger partial charge in [0, 0.05) is 28.0 Å². The van der Waals surface area contributed by atoms with Crippen LogP contribution in [0.2, 0.25) is 0 Å². The Hall–Kier alpha value is -3.40. The second-order valence-corrected chi connectivity index (χ2v) is 7.34. The smallest absolute Gasteiger partial charge is 0.525 e. The summed E-state index contributed by atoms with van der Waals surface area (Å²) < 4.78 is 14.6. The molecule has 0 radical (unpaired) electrons. The van der Waals surface area contributed by atoms with Crippen molar-refractivity contribution in [2.24, 2.45) is 0 Å². The molecule has 3 heterocycles. The average molecular weight is 363 g/mol. The third-order valence-corrected chi connectivity index (χ3v) is 5.98. The van der Waals surface area contributed by atoms with Gasteiger partial charge in [-0.2, -0.15) is 0 Å². The average Bonchev–Trinajstić information content (AvgIpc) is 3.38. The molecule has 3 aliphatic rings. The molecule has 3 nitrogen and oxygen atoms in total. The van der Waals surface area contributed by atoms with Crippen LogP contribution in [0.3, 0.4) is 0 Å². The van der Waals surface area contributed by atoms with Crippen LogP contribution in [-0.2, 0) is 0 Å². The van der Waals surface area contributed by atoms with E-state index in [0.29, 0.717) is 0 Å². The van der Waals surface area contributed by atoms with Crippen molar-refractivity contribution in [3.8, 4) is 22.8 Å². The van der Waals surface area contributed by atoms with Crippen LogP contribution in [-0.4, -0.2) is 18.6 Å². The Bertz CT molecular complexity index is 1240. The van der Waals surface area contributed by atoms with Gasteiger partial charge < -0.3 is 13.9 Å². The Morgan fingerprint density at radius 2 is 1.54 bits per heavy atom. The number of rotatable bonds is 2. The van der Waals surface area contributed by atoms with E-state index in [1.807, 2.05) is 18.2 Å². The van der Waals surface area contributed by atoms with Crippen LogP contribution in [0.1, 0.15) is 18.2 Å². The second kappa shape index (κ2) is 5.55. The second-order valence-electron chi connectivity index (χ2n) is 7.34. The van der Waals surface area contributed by atoms with Gasteiger partial charge in [0.15, 0.2) is 0 Å². The number of nitrogens with zero attached hydrogens (tertiary/aromatic N) is 1. The number of para-hydroxylation sites is 2.